The zero-order valence-electron chi connectivity index (χ0n) is 11.5. The highest BCUT2D eigenvalue weighted by atomic mass is 79.9. The van der Waals surface area contributed by atoms with Crippen LogP contribution in [0.3, 0.4) is 0 Å². The fourth-order valence-electron chi connectivity index (χ4n) is 2.54. The zero-order valence-corrected chi connectivity index (χ0v) is 13.1. The molecule has 0 amide bonds. The summed E-state index contributed by atoms with van der Waals surface area (Å²) in [6, 6.07) is 10.9. The minimum Gasteiger partial charge on any atom is -0.370 e. The zero-order chi connectivity index (χ0) is 13.9. The first kappa shape index (κ1) is 13.6. The third-order valence-electron chi connectivity index (χ3n) is 3.80. The van der Waals surface area contributed by atoms with E-state index in [1.54, 1.807) is 0 Å². The van der Waals surface area contributed by atoms with Crippen molar-refractivity contribution in [2.75, 3.05) is 18.4 Å². The maximum Gasteiger partial charge on any atom is 0.124 e. The first-order valence-corrected chi connectivity index (χ1v) is 7.76. The summed E-state index contributed by atoms with van der Waals surface area (Å²) in [6.45, 7) is 5.18. The predicted molar refractivity (Wildman–Crippen MR) is 84.8 cm³/mol. The van der Waals surface area contributed by atoms with Crippen molar-refractivity contribution in [1.29, 1.82) is 0 Å². The van der Waals surface area contributed by atoms with Gasteiger partial charge in [-0.05, 0) is 24.6 Å². The van der Waals surface area contributed by atoms with E-state index in [9.17, 15) is 0 Å². The van der Waals surface area contributed by atoms with Crippen LogP contribution in [-0.4, -0.2) is 22.9 Å². The summed E-state index contributed by atoms with van der Waals surface area (Å²) < 4.78 is 3.16. The van der Waals surface area contributed by atoms with Gasteiger partial charge in [0.15, 0.2) is 0 Å². The summed E-state index contributed by atoms with van der Waals surface area (Å²) in [5.41, 5.74) is 1.32. The lowest BCUT2D eigenvalue weighted by Crippen LogP contribution is -2.36. The molecule has 1 aromatic carbocycles. The van der Waals surface area contributed by atoms with Gasteiger partial charge in [0, 0.05) is 42.1 Å². The van der Waals surface area contributed by atoms with E-state index in [1.165, 1.54) is 5.56 Å². The number of nitrogens with zero attached hydrogens (tertiary/aromatic N) is 2. The van der Waals surface area contributed by atoms with Gasteiger partial charge >= 0.3 is 0 Å². The molecular weight excluding hydrogens is 316 g/mol. The fourth-order valence-corrected chi connectivity index (χ4v) is 2.80. The van der Waals surface area contributed by atoms with E-state index in [0.717, 1.165) is 29.9 Å². The lowest BCUT2D eigenvalue weighted by atomic mass is 10.1. The summed E-state index contributed by atoms with van der Waals surface area (Å²) in [6.07, 6.45) is 1.85. The average Bonchev–Trinajstić information content (AvgIpc) is 2.93. The molecule has 0 unspecified atom stereocenters. The first-order valence-electron chi connectivity index (χ1n) is 6.97. The molecule has 20 heavy (non-hydrogen) atoms. The Morgan fingerprint density at radius 1 is 1.40 bits per heavy atom. The van der Waals surface area contributed by atoms with E-state index < -0.39 is 0 Å². The van der Waals surface area contributed by atoms with E-state index >= 15 is 0 Å². The van der Waals surface area contributed by atoms with E-state index in [1.807, 2.05) is 16.9 Å². The van der Waals surface area contributed by atoms with E-state index in [-0.39, 0.29) is 0 Å². The Labute approximate surface area is 127 Å². The smallest absolute Gasteiger partial charge is 0.124 e. The van der Waals surface area contributed by atoms with Crippen molar-refractivity contribution < 1.29 is 0 Å². The minimum atomic E-state index is 0.363. The van der Waals surface area contributed by atoms with Crippen LogP contribution >= 0.6 is 15.9 Å². The number of hydrogen-bond donors (Lipinski definition) is 2. The summed E-state index contributed by atoms with van der Waals surface area (Å²) in [5, 5.41) is 11.4. The highest BCUT2D eigenvalue weighted by molar-refractivity contribution is 9.10. The van der Waals surface area contributed by atoms with Gasteiger partial charge < -0.3 is 10.6 Å². The molecular formula is C15H19BrN4. The molecule has 0 bridgehead atoms. The Bertz CT molecular complexity index is 564. The molecule has 2 heterocycles. The third-order valence-corrected chi connectivity index (χ3v) is 4.33. The molecule has 1 aliphatic rings. The Balaban J connectivity index is 1.54. The van der Waals surface area contributed by atoms with Gasteiger partial charge in [0.2, 0.25) is 0 Å². The largest absolute Gasteiger partial charge is 0.370 e. The molecule has 1 aliphatic heterocycles. The van der Waals surface area contributed by atoms with Gasteiger partial charge in [0.25, 0.3) is 0 Å². The summed E-state index contributed by atoms with van der Waals surface area (Å²) >= 11 is 3.47. The molecule has 4 nitrogen and oxygen atoms in total. The number of hydrogen-bond acceptors (Lipinski definition) is 3. The van der Waals surface area contributed by atoms with Crippen molar-refractivity contribution in [3.8, 4) is 0 Å². The lowest BCUT2D eigenvalue weighted by molar-refractivity contribution is 0.376. The molecule has 2 atom stereocenters. The SMILES string of the molecule is C[C@H](NC[C@H]1CNc2ccnn2C1)c1ccc(Br)cc1. The monoisotopic (exact) mass is 334 g/mol. The maximum absolute atomic E-state index is 4.32. The van der Waals surface area contributed by atoms with E-state index in [4.69, 9.17) is 0 Å². The molecule has 0 aliphatic carbocycles. The van der Waals surface area contributed by atoms with Gasteiger partial charge in [-0.15, -0.1) is 0 Å². The van der Waals surface area contributed by atoms with Crippen molar-refractivity contribution in [2.45, 2.75) is 19.5 Å². The van der Waals surface area contributed by atoms with E-state index in [2.05, 4.69) is 62.9 Å². The highest BCUT2D eigenvalue weighted by Gasteiger charge is 2.18. The standard InChI is InChI=1S/C15H19BrN4/c1-11(13-2-4-14(16)5-3-13)17-8-12-9-18-15-6-7-19-20(15)10-12/h2-7,11-12,17-18H,8-10H2,1H3/t11-,12-/m0/s1. The van der Waals surface area contributed by atoms with Gasteiger partial charge in [0.05, 0.1) is 6.20 Å². The molecule has 2 N–H and O–H groups in total. The third kappa shape index (κ3) is 3.04. The fraction of sp³-hybridized carbons (Fsp3) is 0.400. The van der Waals surface area contributed by atoms with Crippen LogP contribution in [-0.2, 0) is 6.54 Å². The minimum absolute atomic E-state index is 0.363. The molecule has 2 aromatic rings. The molecule has 1 aromatic heterocycles. The number of anilines is 1. The number of fused-ring (bicyclic) bond motifs is 1. The summed E-state index contributed by atoms with van der Waals surface area (Å²) in [5.74, 6) is 1.70. The van der Waals surface area contributed by atoms with Crippen molar-refractivity contribution >= 4 is 21.7 Å². The van der Waals surface area contributed by atoms with Crippen LogP contribution in [0.1, 0.15) is 18.5 Å². The molecule has 0 saturated carbocycles. The molecule has 0 spiro atoms. The van der Waals surface area contributed by atoms with Gasteiger partial charge in [-0.3, -0.25) is 0 Å². The topological polar surface area (TPSA) is 41.9 Å². The van der Waals surface area contributed by atoms with Crippen LogP contribution in [0.4, 0.5) is 5.82 Å². The van der Waals surface area contributed by atoms with Gasteiger partial charge in [-0.2, -0.15) is 5.10 Å². The molecule has 0 radical (unpaired) electrons. The van der Waals surface area contributed by atoms with Gasteiger partial charge in [-0.25, -0.2) is 4.68 Å². The Kier molecular flexibility index (Phi) is 4.08. The van der Waals surface area contributed by atoms with Crippen LogP contribution in [0.25, 0.3) is 0 Å². The van der Waals surface area contributed by atoms with Crippen LogP contribution in [0, 0.1) is 5.92 Å². The van der Waals surface area contributed by atoms with Crippen molar-refractivity contribution in [2.24, 2.45) is 5.92 Å². The van der Waals surface area contributed by atoms with Crippen LogP contribution in [0.15, 0.2) is 41.0 Å². The molecule has 106 valence electrons. The highest BCUT2D eigenvalue weighted by Crippen LogP contribution is 2.19. The molecule has 3 rings (SSSR count). The number of rotatable bonds is 4. The number of aromatic nitrogens is 2. The normalized spacial score (nSPS) is 19.2. The predicted octanol–water partition coefficient (Wildman–Crippen LogP) is 3.04. The Hall–Kier alpha value is -1.33. The molecule has 0 saturated heterocycles. The average molecular weight is 335 g/mol. The van der Waals surface area contributed by atoms with Crippen molar-refractivity contribution in [1.82, 2.24) is 15.1 Å². The molecule has 5 heteroatoms. The van der Waals surface area contributed by atoms with Gasteiger partial charge in [0.1, 0.15) is 5.82 Å². The quantitative estimate of drug-likeness (QED) is 0.902. The number of halogens is 1. The lowest BCUT2D eigenvalue weighted by Gasteiger charge is -2.26. The molecule has 0 fully saturated rings. The first-order chi connectivity index (χ1) is 9.72. The van der Waals surface area contributed by atoms with Gasteiger partial charge in [-0.1, -0.05) is 28.1 Å². The maximum atomic E-state index is 4.32. The van der Waals surface area contributed by atoms with Crippen LogP contribution < -0.4 is 10.6 Å². The van der Waals surface area contributed by atoms with Crippen LogP contribution in [0.2, 0.25) is 0 Å². The Morgan fingerprint density at radius 3 is 3.00 bits per heavy atom. The van der Waals surface area contributed by atoms with Crippen molar-refractivity contribution in [3.05, 3.63) is 46.6 Å². The second-order valence-electron chi connectivity index (χ2n) is 5.33. The number of benzene rings is 1. The second-order valence-corrected chi connectivity index (χ2v) is 6.24. The second kappa shape index (κ2) is 5.97. The van der Waals surface area contributed by atoms with Crippen molar-refractivity contribution in [3.63, 3.8) is 0 Å². The van der Waals surface area contributed by atoms with Crippen LogP contribution in [0.5, 0.6) is 0 Å². The Morgan fingerprint density at radius 2 is 2.20 bits per heavy atom. The summed E-state index contributed by atoms with van der Waals surface area (Å²) in [4.78, 5) is 0. The summed E-state index contributed by atoms with van der Waals surface area (Å²) in [7, 11) is 0. The van der Waals surface area contributed by atoms with E-state index in [0.29, 0.717) is 12.0 Å². The number of nitrogens with one attached hydrogen (secondary N) is 2.